The highest BCUT2D eigenvalue weighted by Crippen LogP contribution is 2.53. The molecule has 0 spiro atoms. The number of carbonyl (C=O) groups excluding carboxylic acids is 1. The lowest BCUT2D eigenvalue weighted by atomic mass is 9.90. The third kappa shape index (κ3) is 2.06. The van der Waals surface area contributed by atoms with E-state index in [-0.39, 0.29) is 6.07 Å². The molecular weight excluding hydrogens is 269 g/mol. The summed E-state index contributed by atoms with van der Waals surface area (Å²) in [5.74, 6) is 0. The summed E-state index contributed by atoms with van der Waals surface area (Å²) in [7, 11) is 0. The molecule has 0 unspecified atom stereocenters. The van der Waals surface area contributed by atoms with E-state index in [9.17, 15) is 35.5 Å². The van der Waals surface area contributed by atoms with Gasteiger partial charge in [0.1, 0.15) is 0 Å². The highest BCUT2D eigenvalue weighted by Gasteiger charge is 2.74. The first kappa shape index (κ1) is 14.5. The summed E-state index contributed by atoms with van der Waals surface area (Å²) in [4.78, 5) is 10.3. The van der Waals surface area contributed by atoms with E-state index in [0.29, 0.717) is 6.07 Å². The molecule has 18 heavy (non-hydrogen) atoms. The first-order valence-electron chi connectivity index (χ1n) is 4.35. The molecule has 0 N–H and O–H groups in total. The largest absolute Gasteiger partial charge is 0.435 e. The number of alkyl halides is 7. The fraction of sp³-hybridized carbons (Fsp3) is 0.300. The molecule has 0 aliphatic heterocycles. The van der Waals surface area contributed by atoms with Crippen molar-refractivity contribution in [1.82, 2.24) is 0 Å². The van der Waals surface area contributed by atoms with Crippen LogP contribution in [-0.4, -0.2) is 18.6 Å². The van der Waals surface area contributed by atoms with Crippen LogP contribution in [0.15, 0.2) is 24.3 Å². The van der Waals surface area contributed by atoms with Crippen molar-refractivity contribution in [2.75, 3.05) is 0 Å². The van der Waals surface area contributed by atoms with Crippen molar-refractivity contribution in [3.8, 4) is 0 Å². The standard InChI is InChI=1S/C10H4F7O/c11-8(9(12,13)14,10(15,16)17)7-4-2-1-3-6(7)5-18/h1-4H. The maximum absolute atomic E-state index is 13.6. The van der Waals surface area contributed by atoms with Gasteiger partial charge in [-0.05, 0) is 0 Å². The smallest absolute Gasteiger partial charge is 0.285 e. The van der Waals surface area contributed by atoms with Crippen molar-refractivity contribution in [2.45, 2.75) is 18.0 Å². The summed E-state index contributed by atoms with van der Waals surface area (Å²) in [6, 6.07) is 2.63. The second kappa shape index (κ2) is 4.25. The number of benzene rings is 1. The minimum absolute atomic E-state index is 0.251. The van der Waals surface area contributed by atoms with Crippen LogP contribution in [0.1, 0.15) is 11.1 Å². The number of hydrogen-bond donors (Lipinski definition) is 0. The molecule has 1 rings (SSSR count). The van der Waals surface area contributed by atoms with E-state index in [1.165, 1.54) is 0 Å². The Bertz CT molecular complexity index is 432. The number of rotatable bonds is 2. The quantitative estimate of drug-likeness (QED) is 0.754. The monoisotopic (exact) mass is 273 g/mol. The van der Waals surface area contributed by atoms with Gasteiger partial charge in [-0.25, -0.2) is 4.39 Å². The predicted molar refractivity (Wildman–Crippen MR) is 46.1 cm³/mol. The average molecular weight is 273 g/mol. The number of halogens is 7. The fourth-order valence-electron chi connectivity index (χ4n) is 1.34. The lowest BCUT2D eigenvalue weighted by molar-refractivity contribution is -0.348. The van der Waals surface area contributed by atoms with Gasteiger partial charge in [0.2, 0.25) is 6.29 Å². The Balaban J connectivity index is 3.61. The fourth-order valence-corrected chi connectivity index (χ4v) is 1.34. The molecule has 1 radical (unpaired) electrons. The second-order valence-electron chi connectivity index (χ2n) is 3.30. The molecule has 1 aromatic carbocycles. The summed E-state index contributed by atoms with van der Waals surface area (Å²) in [6.07, 6.45) is -11.6. The van der Waals surface area contributed by atoms with Gasteiger partial charge < -0.3 is 0 Å². The van der Waals surface area contributed by atoms with Gasteiger partial charge in [-0.3, -0.25) is 4.79 Å². The molecule has 1 nitrogen and oxygen atoms in total. The molecule has 0 aromatic heterocycles. The molecule has 8 heteroatoms. The minimum Gasteiger partial charge on any atom is -0.285 e. The van der Waals surface area contributed by atoms with Crippen molar-refractivity contribution >= 4 is 6.29 Å². The highest BCUT2D eigenvalue weighted by molar-refractivity contribution is 5.78. The van der Waals surface area contributed by atoms with E-state index in [1.807, 2.05) is 0 Å². The van der Waals surface area contributed by atoms with Crippen LogP contribution in [0.3, 0.4) is 0 Å². The Morgan fingerprint density at radius 3 is 1.67 bits per heavy atom. The summed E-state index contributed by atoms with van der Waals surface area (Å²) >= 11 is 0. The molecule has 0 fully saturated rings. The lowest BCUT2D eigenvalue weighted by Gasteiger charge is -2.30. The van der Waals surface area contributed by atoms with E-state index in [0.717, 1.165) is 18.4 Å². The van der Waals surface area contributed by atoms with E-state index in [1.54, 1.807) is 0 Å². The summed E-state index contributed by atoms with van der Waals surface area (Å²) in [5.41, 5.74) is -8.55. The molecular formula is C10H4F7O. The van der Waals surface area contributed by atoms with Crippen LogP contribution in [0.25, 0.3) is 0 Å². The summed E-state index contributed by atoms with van der Waals surface area (Å²) < 4.78 is 87.8. The van der Waals surface area contributed by atoms with Crippen LogP contribution >= 0.6 is 0 Å². The number of hydrogen-bond acceptors (Lipinski definition) is 1. The van der Waals surface area contributed by atoms with Crippen LogP contribution in [-0.2, 0) is 10.5 Å². The van der Waals surface area contributed by atoms with Crippen LogP contribution < -0.4 is 0 Å². The maximum Gasteiger partial charge on any atom is 0.435 e. The van der Waals surface area contributed by atoms with Gasteiger partial charge in [0.05, 0.1) is 0 Å². The molecule has 0 aliphatic rings. The molecule has 99 valence electrons. The third-order valence-corrected chi connectivity index (χ3v) is 2.19. The Morgan fingerprint density at radius 2 is 1.28 bits per heavy atom. The van der Waals surface area contributed by atoms with Crippen molar-refractivity contribution in [2.24, 2.45) is 0 Å². The van der Waals surface area contributed by atoms with Gasteiger partial charge in [-0.2, -0.15) is 26.3 Å². The molecule has 0 saturated heterocycles. The van der Waals surface area contributed by atoms with Gasteiger partial charge in [0.25, 0.3) is 0 Å². The molecule has 1 aromatic rings. The first-order chi connectivity index (χ1) is 8.05. The van der Waals surface area contributed by atoms with Crippen LogP contribution in [0.2, 0.25) is 0 Å². The SMILES string of the molecule is O=[C]c1ccccc1C(F)(C(F)(F)F)C(F)(F)F. The van der Waals surface area contributed by atoms with Crippen LogP contribution in [0.5, 0.6) is 0 Å². The zero-order valence-electron chi connectivity index (χ0n) is 8.36. The Labute approximate surface area is 96.2 Å². The summed E-state index contributed by atoms with van der Waals surface area (Å²) in [6.45, 7) is 0. The van der Waals surface area contributed by atoms with Crippen LogP contribution in [0, 0.1) is 0 Å². The van der Waals surface area contributed by atoms with Crippen LogP contribution in [0.4, 0.5) is 30.7 Å². The maximum atomic E-state index is 13.6. The van der Waals surface area contributed by atoms with Crippen molar-refractivity contribution < 1.29 is 35.5 Å². The van der Waals surface area contributed by atoms with E-state index in [4.69, 9.17) is 0 Å². The highest BCUT2D eigenvalue weighted by atomic mass is 19.4. The van der Waals surface area contributed by atoms with E-state index < -0.39 is 29.1 Å². The molecule has 0 aliphatic carbocycles. The van der Waals surface area contributed by atoms with Crippen molar-refractivity contribution in [3.63, 3.8) is 0 Å². The lowest BCUT2D eigenvalue weighted by Crippen LogP contribution is -2.50. The Morgan fingerprint density at radius 1 is 0.833 bits per heavy atom. The van der Waals surface area contributed by atoms with Gasteiger partial charge >= 0.3 is 18.0 Å². The van der Waals surface area contributed by atoms with E-state index in [2.05, 4.69) is 0 Å². The Kier molecular flexibility index (Phi) is 3.42. The molecule has 0 bridgehead atoms. The predicted octanol–water partition coefficient (Wildman–Crippen LogP) is 3.43. The average Bonchev–Trinajstić information content (AvgIpc) is 2.24. The first-order valence-corrected chi connectivity index (χ1v) is 4.35. The van der Waals surface area contributed by atoms with Crippen molar-refractivity contribution in [3.05, 3.63) is 35.4 Å². The Hall–Kier alpha value is -1.60. The molecule has 0 amide bonds. The third-order valence-electron chi connectivity index (χ3n) is 2.19. The topological polar surface area (TPSA) is 17.1 Å². The normalized spacial score (nSPS) is 13.5. The summed E-state index contributed by atoms with van der Waals surface area (Å²) in [5, 5.41) is 0. The minimum atomic E-state index is -6.24. The molecule has 0 atom stereocenters. The zero-order chi connectivity index (χ0) is 14.2. The van der Waals surface area contributed by atoms with Gasteiger partial charge in [-0.1, -0.05) is 24.3 Å². The second-order valence-corrected chi connectivity index (χ2v) is 3.30. The van der Waals surface area contributed by atoms with Gasteiger partial charge in [0.15, 0.2) is 0 Å². The zero-order valence-corrected chi connectivity index (χ0v) is 8.36. The molecule has 0 heterocycles. The van der Waals surface area contributed by atoms with E-state index >= 15 is 0 Å². The molecule has 0 saturated carbocycles. The van der Waals surface area contributed by atoms with Gasteiger partial charge in [-0.15, -0.1) is 0 Å². The van der Waals surface area contributed by atoms with Gasteiger partial charge in [0, 0.05) is 11.1 Å². The van der Waals surface area contributed by atoms with Crippen molar-refractivity contribution in [1.29, 1.82) is 0 Å².